The molecule has 0 aliphatic carbocycles. The summed E-state index contributed by atoms with van der Waals surface area (Å²) in [6.45, 7) is 7.68. The summed E-state index contributed by atoms with van der Waals surface area (Å²) in [6.07, 6.45) is 5.30. The van der Waals surface area contributed by atoms with E-state index in [9.17, 15) is 9.59 Å². The lowest BCUT2D eigenvalue weighted by atomic mass is 9.83. The molecule has 1 heterocycles. The number of carbonyl (C=O) groups is 2. The van der Waals surface area contributed by atoms with Crippen LogP contribution in [0, 0.1) is 5.41 Å². The Kier molecular flexibility index (Phi) is 6.58. The zero-order valence-electron chi connectivity index (χ0n) is 13.3. The third-order valence-electron chi connectivity index (χ3n) is 3.67. The number of rotatable bonds is 5. The van der Waals surface area contributed by atoms with Gasteiger partial charge in [-0.25, -0.2) is 9.59 Å². The van der Waals surface area contributed by atoms with Gasteiger partial charge in [-0.3, -0.25) is 0 Å². The van der Waals surface area contributed by atoms with Crippen LogP contribution in [0.25, 0.3) is 0 Å². The number of carbonyl (C=O) groups excluding carboxylic acids is 1. The van der Waals surface area contributed by atoms with Crippen LogP contribution in [0.3, 0.4) is 0 Å². The molecule has 1 aliphatic heterocycles. The van der Waals surface area contributed by atoms with Crippen LogP contribution in [0.4, 0.5) is 4.79 Å². The molecular weight excluding hydrogens is 288 g/mol. The van der Waals surface area contributed by atoms with Gasteiger partial charge >= 0.3 is 12.0 Å². The summed E-state index contributed by atoms with van der Waals surface area (Å²) in [6, 6.07) is -1.09. The average molecular weight is 314 g/mol. The topological polar surface area (TPSA) is 69.6 Å². The Hall–Kier alpha value is -1.17. The Bertz CT molecular complexity index is 416. The molecule has 0 unspecified atom stereocenters. The summed E-state index contributed by atoms with van der Waals surface area (Å²) >= 11 is 1.58. The van der Waals surface area contributed by atoms with Crippen LogP contribution in [-0.2, 0) is 4.79 Å². The molecule has 1 aliphatic rings. The smallest absolute Gasteiger partial charge is 0.326 e. The molecule has 0 saturated carbocycles. The molecule has 0 aromatic carbocycles. The van der Waals surface area contributed by atoms with Gasteiger partial charge in [0.1, 0.15) is 6.04 Å². The van der Waals surface area contributed by atoms with Crippen molar-refractivity contribution in [2.75, 3.05) is 25.1 Å². The molecule has 2 N–H and O–H groups in total. The molecule has 0 spiro atoms. The highest BCUT2D eigenvalue weighted by Gasteiger charge is 2.26. The maximum Gasteiger partial charge on any atom is 0.326 e. The second-order valence-electron chi connectivity index (χ2n) is 6.30. The Labute approximate surface area is 131 Å². The van der Waals surface area contributed by atoms with Crippen molar-refractivity contribution in [1.29, 1.82) is 0 Å². The molecule has 1 atom stereocenters. The fourth-order valence-corrected chi connectivity index (χ4v) is 2.74. The molecule has 2 amide bonds. The predicted molar refractivity (Wildman–Crippen MR) is 86.7 cm³/mol. The molecular formula is C15H26N2O3S. The molecule has 0 saturated heterocycles. The van der Waals surface area contributed by atoms with Crippen molar-refractivity contribution in [3.05, 3.63) is 11.6 Å². The van der Waals surface area contributed by atoms with Crippen molar-refractivity contribution in [1.82, 2.24) is 10.2 Å². The van der Waals surface area contributed by atoms with Crippen molar-refractivity contribution < 1.29 is 14.7 Å². The second-order valence-corrected chi connectivity index (χ2v) is 7.28. The van der Waals surface area contributed by atoms with Crippen LogP contribution < -0.4 is 5.32 Å². The van der Waals surface area contributed by atoms with E-state index in [1.54, 1.807) is 16.7 Å². The Balaban J connectivity index is 2.57. The van der Waals surface area contributed by atoms with E-state index in [-0.39, 0.29) is 11.4 Å². The fraction of sp³-hybridized carbons (Fsp3) is 0.733. The average Bonchev–Trinajstić information content (AvgIpc) is 2.42. The number of nitrogens with one attached hydrogen (secondary N) is 1. The number of nitrogens with zero attached hydrogens (tertiary/aromatic N) is 1. The van der Waals surface area contributed by atoms with Crippen LogP contribution in [-0.4, -0.2) is 53.1 Å². The van der Waals surface area contributed by atoms with Gasteiger partial charge in [0.05, 0.1) is 0 Å². The second kappa shape index (κ2) is 7.73. The van der Waals surface area contributed by atoms with Gasteiger partial charge in [-0.2, -0.15) is 11.8 Å². The molecule has 0 aromatic heterocycles. The van der Waals surface area contributed by atoms with Gasteiger partial charge in [-0.1, -0.05) is 32.4 Å². The van der Waals surface area contributed by atoms with Crippen molar-refractivity contribution >= 4 is 23.8 Å². The monoisotopic (exact) mass is 314 g/mol. The number of hydrogen-bond acceptors (Lipinski definition) is 3. The van der Waals surface area contributed by atoms with Gasteiger partial charge in [-0.15, -0.1) is 0 Å². The lowest BCUT2D eigenvalue weighted by Crippen LogP contribution is -2.49. The van der Waals surface area contributed by atoms with E-state index < -0.39 is 12.0 Å². The first-order valence-corrected chi connectivity index (χ1v) is 8.61. The zero-order chi connectivity index (χ0) is 16.0. The van der Waals surface area contributed by atoms with Crippen molar-refractivity contribution in [3.63, 3.8) is 0 Å². The lowest BCUT2D eigenvalue weighted by Gasteiger charge is -2.32. The number of carboxylic acids is 1. The minimum absolute atomic E-state index is 0.129. The highest BCUT2D eigenvalue weighted by atomic mass is 32.2. The minimum Gasteiger partial charge on any atom is -0.480 e. The third kappa shape index (κ3) is 5.61. The molecule has 0 bridgehead atoms. The Morgan fingerprint density at radius 3 is 2.57 bits per heavy atom. The Morgan fingerprint density at radius 2 is 2.14 bits per heavy atom. The van der Waals surface area contributed by atoms with Crippen molar-refractivity contribution in [2.45, 2.75) is 39.7 Å². The molecule has 0 radical (unpaired) electrons. The quantitative estimate of drug-likeness (QED) is 0.765. The summed E-state index contributed by atoms with van der Waals surface area (Å²) in [5.74, 6) is -0.258. The number of amides is 2. The van der Waals surface area contributed by atoms with Gasteiger partial charge in [0.25, 0.3) is 0 Å². The molecule has 6 heteroatoms. The van der Waals surface area contributed by atoms with Crippen LogP contribution in [0.15, 0.2) is 11.6 Å². The minimum atomic E-state index is -0.972. The fourth-order valence-electron chi connectivity index (χ4n) is 2.27. The van der Waals surface area contributed by atoms with Crippen LogP contribution in [0.5, 0.6) is 0 Å². The van der Waals surface area contributed by atoms with Gasteiger partial charge in [-0.05, 0) is 30.3 Å². The Morgan fingerprint density at radius 1 is 1.48 bits per heavy atom. The first kappa shape index (κ1) is 17.9. The normalized spacial score (nSPS) is 17.1. The van der Waals surface area contributed by atoms with Crippen LogP contribution in [0.1, 0.15) is 33.6 Å². The zero-order valence-corrected chi connectivity index (χ0v) is 14.1. The van der Waals surface area contributed by atoms with Crippen molar-refractivity contribution in [2.24, 2.45) is 5.41 Å². The molecule has 0 fully saturated rings. The summed E-state index contributed by atoms with van der Waals surface area (Å²) in [5, 5.41) is 11.8. The number of aliphatic carboxylic acids is 1. The summed E-state index contributed by atoms with van der Waals surface area (Å²) in [7, 11) is 0. The van der Waals surface area contributed by atoms with Gasteiger partial charge in [0.15, 0.2) is 0 Å². The summed E-state index contributed by atoms with van der Waals surface area (Å²) < 4.78 is 0. The van der Waals surface area contributed by atoms with Crippen LogP contribution in [0.2, 0.25) is 0 Å². The van der Waals surface area contributed by atoms with Crippen molar-refractivity contribution in [3.8, 4) is 0 Å². The number of carboxylic acid groups (broad SMARTS) is 1. The molecule has 21 heavy (non-hydrogen) atoms. The largest absolute Gasteiger partial charge is 0.480 e. The van der Waals surface area contributed by atoms with Gasteiger partial charge in [0, 0.05) is 13.1 Å². The number of urea groups is 1. The lowest BCUT2D eigenvalue weighted by molar-refractivity contribution is -0.139. The molecule has 1 rings (SSSR count). The highest BCUT2D eigenvalue weighted by Crippen LogP contribution is 2.29. The SMILES string of the molecule is CSCC[C@H](NC(=O)N1CC=C(C(C)(C)C)CC1)C(=O)O. The first-order valence-electron chi connectivity index (χ1n) is 7.22. The first-order chi connectivity index (χ1) is 9.75. The summed E-state index contributed by atoms with van der Waals surface area (Å²) in [4.78, 5) is 25.0. The van der Waals surface area contributed by atoms with E-state index in [0.29, 0.717) is 25.3 Å². The van der Waals surface area contributed by atoms with E-state index >= 15 is 0 Å². The van der Waals surface area contributed by atoms with E-state index in [4.69, 9.17) is 5.11 Å². The number of thioether (sulfide) groups is 1. The van der Waals surface area contributed by atoms with E-state index in [0.717, 1.165) is 6.42 Å². The number of hydrogen-bond donors (Lipinski definition) is 2. The predicted octanol–water partition coefficient (Wildman–Crippen LogP) is 2.58. The maximum absolute atomic E-state index is 12.1. The molecule has 120 valence electrons. The standard InChI is InChI=1S/C15H26N2O3S/c1-15(2,3)11-5-8-17(9-6-11)14(20)16-12(13(18)19)7-10-21-4/h5,12H,6-10H2,1-4H3,(H,16,20)(H,18,19)/t12-/m0/s1. The highest BCUT2D eigenvalue weighted by molar-refractivity contribution is 7.98. The third-order valence-corrected chi connectivity index (χ3v) is 4.31. The van der Waals surface area contributed by atoms with E-state index in [2.05, 4.69) is 32.2 Å². The van der Waals surface area contributed by atoms with Gasteiger partial charge < -0.3 is 15.3 Å². The van der Waals surface area contributed by atoms with E-state index in [1.807, 2.05) is 6.26 Å². The molecule has 0 aromatic rings. The van der Waals surface area contributed by atoms with Crippen LogP contribution >= 0.6 is 11.8 Å². The van der Waals surface area contributed by atoms with E-state index in [1.165, 1.54) is 5.57 Å². The maximum atomic E-state index is 12.1. The summed E-state index contributed by atoms with van der Waals surface area (Å²) in [5.41, 5.74) is 1.48. The molecule has 5 nitrogen and oxygen atoms in total. The van der Waals surface area contributed by atoms with Gasteiger partial charge in [0.2, 0.25) is 0 Å².